The Morgan fingerprint density at radius 1 is 1.00 bits per heavy atom. The SMILES string of the molecule is O=C(CCCCc1cccc(S(=O)(=O)Nc2ccccc2)c1)NO. The molecule has 0 spiro atoms. The van der Waals surface area contributed by atoms with Gasteiger partial charge in [-0.1, -0.05) is 30.3 Å². The van der Waals surface area contributed by atoms with Gasteiger partial charge in [0.2, 0.25) is 5.91 Å². The number of hydrogen-bond acceptors (Lipinski definition) is 4. The summed E-state index contributed by atoms with van der Waals surface area (Å²) < 4.78 is 27.4. The van der Waals surface area contributed by atoms with Gasteiger partial charge < -0.3 is 0 Å². The van der Waals surface area contributed by atoms with Crippen LogP contribution in [0.1, 0.15) is 24.8 Å². The molecule has 0 saturated heterocycles. The first-order chi connectivity index (χ1) is 11.5. The van der Waals surface area contributed by atoms with E-state index in [2.05, 4.69) is 4.72 Å². The predicted molar refractivity (Wildman–Crippen MR) is 91.2 cm³/mol. The summed E-state index contributed by atoms with van der Waals surface area (Å²) in [4.78, 5) is 11.1. The van der Waals surface area contributed by atoms with E-state index in [0.29, 0.717) is 18.5 Å². The van der Waals surface area contributed by atoms with E-state index in [-0.39, 0.29) is 11.3 Å². The third kappa shape index (κ3) is 5.36. The molecule has 0 aliphatic rings. The topological polar surface area (TPSA) is 95.5 Å². The van der Waals surface area contributed by atoms with Crippen molar-refractivity contribution in [3.63, 3.8) is 0 Å². The number of nitrogens with one attached hydrogen (secondary N) is 2. The van der Waals surface area contributed by atoms with Gasteiger partial charge in [0.25, 0.3) is 10.0 Å². The Morgan fingerprint density at radius 3 is 2.46 bits per heavy atom. The minimum atomic E-state index is -3.63. The second kappa shape index (κ2) is 8.47. The summed E-state index contributed by atoms with van der Waals surface area (Å²) in [6.45, 7) is 0. The lowest BCUT2D eigenvalue weighted by molar-refractivity contribution is -0.129. The second-order valence-electron chi connectivity index (χ2n) is 5.36. The maximum atomic E-state index is 12.4. The molecule has 6 nitrogen and oxygen atoms in total. The van der Waals surface area contributed by atoms with Crippen molar-refractivity contribution >= 4 is 21.6 Å². The highest BCUT2D eigenvalue weighted by molar-refractivity contribution is 7.92. The van der Waals surface area contributed by atoms with E-state index in [4.69, 9.17) is 5.21 Å². The van der Waals surface area contributed by atoms with Crippen LogP contribution in [0.4, 0.5) is 5.69 Å². The molecule has 128 valence electrons. The number of carbonyl (C=O) groups excluding carboxylic acids is 1. The summed E-state index contributed by atoms with van der Waals surface area (Å²) in [6.07, 6.45) is 2.24. The van der Waals surface area contributed by atoms with Crippen molar-refractivity contribution in [3.8, 4) is 0 Å². The molecule has 3 N–H and O–H groups in total. The van der Waals surface area contributed by atoms with Crippen molar-refractivity contribution in [1.82, 2.24) is 5.48 Å². The lowest BCUT2D eigenvalue weighted by Gasteiger charge is -2.09. The molecule has 0 radical (unpaired) electrons. The molecular weight excluding hydrogens is 328 g/mol. The zero-order chi connectivity index (χ0) is 17.4. The van der Waals surface area contributed by atoms with Crippen LogP contribution in [0.2, 0.25) is 0 Å². The maximum Gasteiger partial charge on any atom is 0.261 e. The van der Waals surface area contributed by atoms with Crippen molar-refractivity contribution in [2.75, 3.05) is 4.72 Å². The minimum Gasteiger partial charge on any atom is -0.289 e. The molecule has 2 aromatic carbocycles. The van der Waals surface area contributed by atoms with E-state index < -0.39 is 15.9 Å². The first-order valence-corrected chi connectivity index (χ1v) is 9.09. The Morgan fingerprint density at radius 2 is 1.75 bits per heavy atom. The van der Waals surface area contributed by atoms with Gasteiger partial charge in [0, 0.05) is 12.1 Å². The quantitative estimate of drug-likeness (QED) is 0.388. The van der Waals surface area contributed by atoms with Crippen molar-refractivity contribution in [2.45, 2.75) is 30.6 Å². The van der Waals surface area contributed by atoms with E-state index in [9.17, 15) is 13.2 Å². The van der Waals surface area contributed by atoms with Gasteiger partial charge in [0.15, 0.2) is 0 Å². The molecule has 0 bridgehead atoms. The van der Waals surface area contributed by atoms with E-state index in [1.165, 1.54) is 0 Å². The van der Waals surface area contributed by atoms with Crippen LogP contribution in [-0.2, 0) is 21.2 Å². The first kappa shape index (κ1) is 18.0. The van der Waals surface area contributed by atoms with Crippen LogP contribution < -0.4 is 10.2 Å². The number of unbranched alkanes of at least 4 members (excludes halogenated alkanes) is 1. The van der Waals surface area contributed by atoms with Crippen LogP contribution in [0, 0.1) is 0 Å². The van der Waals surface area contributed by atoms with E-state index in [0.717, 1.165) is 12.0 Å². The molecule has 2 rings (SSSR count). The first-order valence-electron chi connectivity index (χ1n) is 7.61. The van der Waals surface area contributed by atoms with Gasteiger partial charge in [0.05, 0.1) is 4.90 Å². The van der Waals surface area contributed by atoms with Gasteiger partial charge >= 0.3 is 0 Å². The van der Waals surface area contributed by atoms with Crippen LogP contribution in [0.5, 0.6) is 0 Å². The molecule has 1 amide bonds. The van der Waals surface area contributed by atoms with Crippen LogP contribution >= 0.6 is 0 Å². The van der Waals surface area contributed by atoms with Gasteiger partial charge in [-0.15, -0.1) is 0 Å². The third-order valence-electron chi connectivity index (χ3n) is 3.48. The number of hydrogen-bond donors (Lipinski definition) is 3. The molecule has 0 aromatic heterocycles. The number of amides is 1. The molecule has 7 heteroatoms. The molecular formula is C17H20N2O4S. The second-order valence-corrected chi connectivity index (χ2v) is 7.04. The Labute approximate surface area is 141 Å². The normalized spacial score (nSPS) is 11.0. The van der Waals surface area contributed by atoms with Crippen LogP contribution in [0.25, 0.3) is 0 Å². The lowest BCUT2D eigenvalue weighted by atomic mass is 10.1. The Hall–Kier alpha value is -2.38. The molecule has 0 saturated carbocycles. The fourth-order valence-corrected chi connectivity index (χ4v) is 3.39. The van der Waals surface area contributed by atoms with Crippen molar-refractivity contribution in [2.24, 2.45) is 0 Å². The molecule has 24 heavy (non-hydrogen) atoms. The van der Waals surface area contributed by atoms with Gasteiger partial charge in [0.1, 0.15) is 0 Å². The van der Waals surface area contributed by atoms with Crippen LogP contribution in [0.15, 0.2) is 59.5 Å². The van der Waals surface area contributed by atoms with Gasteiger partial charge in [-0.3, -0.25) is 14.7 Å². The summed E-state index contributed by atoms with van der Waals surface area (Å²) in [5, 5.41) is 8.42. The number of benzene rings is 2. The van der Waals surface area contributed by atoms with Crippen molar-refractivity contribution in [1.29, 1.82) is 0 Å². The Kier molecular flexibility index (Phi) is 6.34. The molecule has 0 unspecified atom stereocenters. The van der Waals surface area contributed by atoms with Gasteiger partial charge in [-0.25, -0.2) is 13.9 Å². The zero-order valence-electron chi connectivity index (χ0n) is 13.1. The summed E-state index contributed by atoms with van der Waals surface area (Å²) in [5.41, 5.74) is 2.99. The predicted octanol–water partition coefficient (Wildman–Crippen LogP) is 2.71. The average molecular weight is 348 g/mol. The molecule has 0 heterocycles. The average Bonchev–Trinajstić information content (AvgIpc) is 2.59. The van der Waals surface area contributed by atoms with Crippen molar-refractivity contribution in [3.05, 3.63) is 60.2 Å². The van der Waals surface area contributed by atoms with Gasteiger partial charge in [-0.05, 0) is 49.1 Å². The molecule has 0 aliphatic heterocycles. The van der Waals surface area contributed by atoms with Crippen LogP contribution in [-0.4, -0.2) is 19.5 Å². The molecule has 0 atom stereocenters. The standard InChI is InChI=1S/C17H20N2O4S/c20-17(18-21)12-5-4-7-14-8-6-11-16(13-14)24(22,23)19-15-9-2-1-3-10-15/h1-3,6,8-11,13,19,21H,4-5,7,12H2,(H,18,20). The monoisotopic (exact) mass is 348 g/mol. The Balaban J connectivity index is 2.00. The summed E-state index contributed by atoms with van der Waals surface area (Å²) in [6, 6.07) is 15.5. The number of aryl methyl sites for hydroxylation is 1. The minimum absolute atomic E-state index is 0.206. The number of anilines is 1. The van der Waals surface area contributed by atoms with Gasteiger partial charge in [-0.2, -0.15) is 0 Å². The fourth-order valence-electron chi connectivity index (χ4n) is 2.26. The highest BCUT2D eigenvalue weighted by Crippen LogP contribution is 2.18. The molecule has 2 aromatic rings. The third-order valence-corrected chi connectivity index (χ3v) is 4.86. The Bertz CT molecular complexity index is 776. The van der Waals surface area contributed by atoms with Crippen LogP contribution in [0.3, 0.4) is 0 Å². The number of rotatable bonds is 8. The number of hydroxylamine groups is 1. The lowest BCUT2D eigenvalue weighted by Crippen LogP contribution is -2.17. The van der Waals surface area contributed by atoms with Crippen molar-refractivity contribution < 1.29 is 18.4 Å². The smallest absolute Gasteiger partial charge is 0.261 e. The van der Waals surface area contributed by atoms with E-state index in [1.54, 1.807) is 47.9 Å². The highest BCUT2D eigenvalue weighted by Gasteiger charge is 2.14. The zero-order valence-corrected chi connectivity index (χ0v) is 13.9. The maximum absolute atomic E-state index is 12.4. The highest BCUT2D eigenvalue weighted by atomic mass is 32.2. The van der Waals surface area contributed by atoms with E-state index in [1.807, 2.05) is 12.1 Å². The largest absolute Gasteiger partial charge is 0.289 e. The molecule has 0 fully saturated rings. The van der Waals surface area contributed by atoms with E-state index >= 15 is 0 Å². The number of sulfonamides is 1. The summed E-state index contributed by atoms with van der Waals surface area (Å²) >= 11 is 0. The number of carbonyl (C=O) groups is 1. The summed E-state index contributed by atoms with van der Waals surface area (Å²) in [5.74, 6) is -0.418. The number of para-hydroxylation sites is 1. The molecule has 0 aliphatic carbocycles. The summed E-state index contributed by atoms with van der Waals surface area (Å²) in [7, 11) is -3.63. The fraction of sp³-hybridized carbons (Fsp3) is 0.235.